The van der Waals surface area contributed by atoms with Gasteiger partial charge in [0.25, 0.3) is 0 Å². The summed E-state index contributed by atoms with van der Waals surface area (Å²) < 4.78 is 36.0. The summed E-state index contributed by atoms with van der Waals surface area (Å²) in [7, 11) is -3.59. The fourth-order valence-electron chi connectivity index (χ4n) is 4.96. The molecule has 4 heterocycles. The second kappa shape index (κ2) is 7.65. The molecular weight excluding hydrogens is 440 g/mol. The minimum absolute atomic E-state index is 0.0606. The van der Waals surface area contributed by atoms with Gasteiger partial charge in [-0.05, 0) is 61.1 Å². The maximum atomic E-state index is 13.3. The minimum Gasteiger partial charge on any atom is -0.363 e. The lowest BCUT2D eigenvalue weighted by atomic mass is 9.90. The number of aromatic nitrogens is 2. The van der Waals surface area contributed by atoms with E-state index in [2.05, 4.69) is 4.98 Å². The molecule has 3 fully saturated rings. The van der Waals surface area contributed by atoms with E-state index in [1.165, 1.54) is 0 Å². The molecule has 1 aliphatic carbocycles. The van der Waals surface area contributed by atoms with Gasteiger partial charge in [-0.1, -0.05) is 12.1 Å². The van der Waals surface area contributed by atoms with Gasteiger partial charge in [-0.15, -0.1) is 0 Å². The normalized spacial score (nSPS) is 21.7. The van der Waals surface area contributed by atoms with E-state index < -0.39 is 15.6 Å². The van der Waals surface area contributed by atoms with Crippen molar-refractivity contribution in [1.29, 1.82) is 0 Å². The molecule has 1 aromatic carbocycles. The number of fused-ring (bicyclic) bond motifs is 1. The quantitative estimate of drug-likeness (QED) is 0.590. The van der Waals surface area contributed by atoms with Crippen molar-refractivity contribution >= 4 is 21.6 Å². The smallest absolute Gasteiger partial charge is 0.248 e. The first-order chi connectivity index (χ1) is 15.9. The molecule has 3 aliphatic rings. The van der Waals surface area contributed by atoms with Gasteiger partial charge in [-0.3, -0.25) is 4.79 Å². The Kier molecular flexibility index (Phi) is 4.83. The van der Waals surface area contributed by atoms with Crippen LogP contribution >= 0.6 is 0 Å². The number of hydrogen-bond donors (Lipinski definition) is 0. The Bertz CT molecular complexity index is 1310. The number of amides is 1. The van der Waals surface area contributed by atoms with Crippen molar-refractivity contribution in [3.8, 4) is 11.1 Å². The monoisotopic (exact) mass is 466 g/mol. The molecule has 0 atom stereocenters. The van der Waals surface area contributed by atoms with Crippen molar-refractivity contribution in [2.75, 3.05) is 26.2 Å². The number of pyridine rings is 1. The highest BCUT2D eigenvalue weighted by atomic mass is 32.2. The van der Waals surface area contributed by atoms with Crippen LogP contribution in [0.3, 0.4) is 0 Å². The van der Waals surface area contributed by atoms with Gasteiger partial charge in [0, 0.05) is 37.7 Å². The topological polar surface area (TPSA) is 84.2 Å². The summed E-state index contributed by atoms with van der Waals surface area (Å²) in [5.41, 5.74) is 2.39. The Morgan fingerprint density at radius 1 is 1.00 bits per heavy atom. The van der Waals surface area contributed by atoms with Crippen LogP contribution in [-0.2, 0) is 19.6 Å². The molecule has 2 aliphatic heterocycles. The average Bonchev–Trinajstić information content (AvgIpc) is 3.57. The highest BCUT2D eigenvalue weighted by Crippen LogP contribution is 2.37. The SMILES string of the molecule is O=C1COC2(CCN(S(=O)(=O)c3ccc(-c4ccc5nccn5c4)cc3)CC2)CN1C1CC1. The Hall–Kier alpha value is -2.75. The Morgan fingerprint density at radius 3 is 2.45 bits per heavy atom. The van der Waals surface area contributed by atoms with Gasteiger partial charge in [-0.25, -0.2) is 13.4 Å². The number of carbonyl (C=O) groups excluding carboxylic acids is 1. The lowest BCUT2D eigenvalue weighted by Gasteiger charge is -2.46. The van der Waals surface area contributed by atoms with E-state index >= 15 is 0 Å². The first-order valence-corrected chi connectivity index (χ1v) is 12.8. The van der Waals surface area contributed by atoms with Crippen LogP contribution in [0.5, 0.6) is 0 Å². The van der Waals surface area contributed by atoms with Gasteiger partial charge < -0.3 is 14.0 Å². The summed E-state index contributed by atoms with van der Waals surface area (Å²) in [6.45, 7) is 1.48. The summed E-state index contributed by atoms with van der Waals surface area (Å²) in [4.78, 5) is 18.7. The molecular formula is C24H26N4O4S. The van der Waals surface area contributed by atoms with Gasteiger partial charge in [0.15, 0.2) is 0 Å². The minimum atomic E-state index is -3.59. The number of morpholine rings is 1. The van der Waals surface area contributed by atoms with E-state index in [9.17, 15) is 13.2 Å². The van der Waals surface area contributed by atoms with E-state index in [0.717, 1.165) is 29.6 Å². The summed E-state index contributed by atoms with van der Waals surface area (Å²) in [5, 5.41) is 0. The fraction of sp³-hybridized carbons (Fsp3) is 0.417. The molecule has 33 heavy (non-hydrogen) atoms. The summed E-state index contributed by atoms with van der Waals surface area (Å²) >= 11 is 0. The van der Waals surface area contributed by atoms with Gasteiger partial charge in [0.05, 0.1) is 17.0 Å². The molecule has 1 saturated carbocycles. The van der Waals surface area contributed by atoms with Crippen molar-refractivity contribution in [1.82, 2.24) is 18.6 Å². The van der Waals surface area contributed by atoms with E-state index in [4.69, 9.17) is 4.74 Å². The number of piperidine rings is 1. The third-order valence-corrected chi connectivity index (χ3v) is 9.03. The van der Waals surface area contributed by atoms with Gasteiger partial charge >= 0.3 is 0 Å². The lowest BCUT2D eigenvalue weighted by molar-refractivity contribution is -0.170. The van der Waals surface area contributed by atoms with Crippen LogP contribution in [0.25, 0.3) is 16.8 Å². The summed E-state index contributed by atoms with van der Waals surface area (Å²) in [6, 6.07) is 11.3. The van der Waals surface area contributed by atoms with Crippen LogP contribution in [0, 0.1) is 0 Å². The molecule has 6 rings (SSSR count). The van der Waals surface area contributed by atoms with Crippen LogP contribution in [-0.4, -0.2) is 70.8 Å². The molecule has 172 valence electrons. The number of sulfonamides is 1. The average molecular weight is 467 g/mol. The molecule has 0 bridgehead atoms. The highest BCUT2D eigenvalue weighted by molar-refractivity contribution is 7.89. The van der Waals surface area contributed by atoms with Crippen molar-refractivity contribution in [3.63, 3.8) is 0 Å². The zero-order chi connectivity index (χ0) is 22.6. The maximum Gasteiger partial charge on any atom is 0.248 e. The second-order valence-corrected chi connectivity index (χ2v) is 11.2. The standard InChI is InChI=1S/C24H26N4O4S/c29-23-16-32-24(17-28(23)20-4-5-20)9-12-27(13-10-24)33(30,31)21-6-1-18(2-7-21)19-3-8-22-25-11-14-26(22)15-19/h1-3,6-8,11,14-15,20H,4-5,9-10,12-13,16-17H2. The Balaban J connectivity index is 1.16. The number of carbonyl (C=O) groups is 1. The van der Waals surface area contributed by atoms with E-state index in [1.807, 2.05) is 46.0 Å². The van der Waals surface area contributed by atoms with E-state index in [-0.39, 0.29) is 12.5 Å². The Morgan fingerprint density at radius 2 is 1.73 bits per heavy atom. The summed E-state index contributed by atoms with van der Waals surface area (Å²) in [5.74, 6) is 0.0606. The zero-order valence-electron chi connectivity index (χ0n) is 18.3. The first kappa shape index (κ1) is 20.8. The van der Waals surface area contributed by atoms with Crippen LogP contribution in [0.2, 0.25) is 0 Å². The molecule has 3 aromatic rings. The number of ether oxygens (including phenoxy) is 1. The molecule has 8 nitrogen and oxygen atoms in total. The number of hydrogen-bond acceptors (Lipinski definition) is 5. The predicted molar refractivity (Wildman–Crippen MR) is 122 cm³/mol. The number of imidazole rings is 1. The van der Waals surface area contributed by atoms with Crippen molar-refractivity contribution in [2.45, 2.75) is 42.2 Å². The molecule has 0 N–H and O–H groups in total. The van der Waals surface area contributed by atoms with Gasteiger partial charge in [0.1, 0.15) is 12.3 Å². The van der Waals surface area contributed by atoms with Crippen molar-refractivity contribution < 1.29 is 17.9 Å². The van der Waals surface area contributed by atoms with Crippen LogP contribution in [0.4, 0.5) is 0 Å². The largest absolute Gasteiger partial charge is 0.363 e. The molecule has 1 spiro atoms. The highest BCUT2D eigenvalue weighted by Gasteiger charge is 2.47. The molecule has 1 amide bonds. The maximum absolute atomic E-state index is 13.3. The fourth-order valence-corrected chi connectivity index (χ4v) is 6.40. The van der Waals surface area contributed by atoms with Gasteiger partial charge in [0.2, 0.25) is 15.9 Å². The van der Waals surface area contributed by atoms with Crippen molar-refractivity contribution in [3.05, 3.63) is 55.0 Å². The second-order valence-electron chi connectivity index (χ2n) is 9.26. The predicted octanol–water partition coefficient (Wildman–Crippen LogP) is 2.55. The molecule has 9 heteroatoms. The van der Waals surface area contributed by atoms with Crippen LogP contribution in [0.15, 0.2) is 59.9 Å². The molecule has 2 saturated heterocycles. The van der Waals surface area contributed by atoms with Crippen LogP contribution < -0.4 is 0 Å². The van der Waals surface area contributed by atoms with Crippen LogP contribution in [0.1, 0.15) is 25.7 Å². The van der Waals surface area contributed by atoms with E-state index in [0.29, 0.717) is 43.4 Å². The first-order valence-electron chi connectivity index (χ1n) is 11.4. The third-order valence-electron chi connectivity index (χ3n) is 7.12. The summed E-state index contributed by atoms with van der Waals surface area (Å²) in [6.07, 6.45) is 8.95. The lowest BCUT2D eigenvalue weighted by Crippen LogP contribution is -2.59. The molecule has 2 aromatic heterocycles. The van der Waals surface area contributed by atoms with Crippen molar-refractivity contribution in [2.24, 2.45) is 0 Å². The van der Waals surface area contributed by atoms with E-state index in [1.54, 1.807) is 22.6 Å². The zero-order valence-corrected chi connectivity index (χ0v) is 19.1. The number of rotatable bonds is 4. The third kappa shape index (κ3) is 3.74. The molecule has 0 unspecified atom stereocenters. The molecule has 0 radical (unpaired) electrons. The number of benzene rings is 1. The Labute approximate surface area is 192 Å². The number of nitrogens with zero attached hydrogens (tertiary/aromatic N) is 4. The van der Waals surface area contributed by atoms with Gasteiger partial charge in [-0.2, -0.15) is 4.31 Å².